The highest BCUT2D eigenvalue weighted by Gasteiger charge is 2.17. The van der Waals surface area contributed by atoms with Crippen molar-refractivity contribution in [2.45, 2.75) is 25.4 Å². The Morgan fingerprint density at radius 3 is 2.89 bits per heavy atom. The van der Waals surface area contributed by atoms with Crippen LogP contribution in [0.4, 0.5) is 5.13 Å². The molecule has 10 heteroatoms. The molecule has 0 saturated heterocycles. The lowest BCUT2D eigenvalue weighted by molar-refractivity contribution is -0.115. The third-order valence-corrected chi connectivity index (χ3v) is 5.55. The van der Waals surface area contributed by atoms with Crippen LogP contribution in [0.2, 0.25) is 0 Å². The Morgan fingerprint density at radius 1 is 1.29 bits per heavy atom. The average Bonchev–Trinajstić information content (AvgIpc) is 3.33. The smallest absolute Gasteiger partial charge is 0.253 e. The second-order valence-electron chi connectivity index (χ2n) is 6.08. The quantitative estimate of drug-likeness (QED) is 0.504. The molecule has 1 amide bonds. The Morgan fingerprint density at radius 2 is 2.14 bits per heavy atom. The molecule has 0 atom stereocenters. The van der Waals surface area contributed by atoms with Gasteiger partial charge in [0.25, 0.3) is 5.78 Å². The van der Waals surface area contributed by atoms with Crippen molar-refractivity contribution < 1.29 is 4.79 Å². The largest absolute Gasteiger partial charge is 0.302 e. The maximum absolute atomic E-state index is 12.6. The van der Waals surface area contributed by atoms with Crippen LogP contribution < -0.4 is 5.32 Å². The minimum Gasteiger partial charge on any atom is -0.302 e. The number of pyridine rings is 1. The number of fused-ring (bicyclic) bond motifs is 1. The van der Waals surface area contributed by atoms with E-state index in [0.29, 0.717) is 16.1 Å². The number of carbonyl (C=O) groups is 1. The number of aryl methyl sites for hydroxylation is 2. The van der Waals surface area contributed by atoms with Gasteiger partial charge in [-0.05, 0) is 32.2 Å². The van der Waals surface area contributed by atoms with E-state index >= 15 is 0 Å². The molecule has 8 nitrogen and oxygen atoms in total. The van der Waals surface area contributed by atoms with Gasteiger partial charge in [-0.15, -0.1) is 16.4 Å². The summed E-state index contributed by atoms with van der Waals surface area (Å²) in [6, 6.07) is 3.79. The zero-order chi connectivity index (χ0) is 19.7. The summed E-state index contributed by atoms with van der Waals surface area (Å²) in [7, 11) is 0. The lowest BCUT2D eigenvalue weighted by Crippen LogP contribution is -2.17. The van der Waals surface area contributed by atoms with Crippen molar-refractivity contribution in [2.24, 2.45) is 0 Å². The van der Waals surface area contributed by atoms with Crippen molar-refractivity contribution in [3.05, 3.63) is 46.9 Å². The monoisotopic (exact) mass is 411 g/mol. The van der Waals surface area contributed by atoms with Gasteiger partial charge in [-0.2, -0.15) is 4.98 Å². The van der Waals surface area contributed by atoms with Crippen molar-refractivity contribution in [2.75, 3.05) is 11.6 Å². The van der Waals surface area contributed by atoms with E-state index in [9.17, 15) is 4.79 Å². The third kappa shape index (κ3) is 3.60. The highest BCUT2D eigenvalue weighted by molar-refractivity contribution is 7.98. The summed E-state index contributed by atoms with van der Waals surface area (Å²) in [5.74, 6) is 0.397. The molecule has 0 aliphatic carbocycles. The standard InChI is InChI=1S/C18H17N7OS2/c1-10-13(11(2)25-16(20-10)23-18(24-25)27-3)7-15(26)22-17-21-14(9-28-17)12-5-4-6-19-8-12/h4-6,8-9H,7H2,1-3H3,(H,21,22,26). The molecule has 0 fully saturated rings. The number of carbonyl (C=O) groups excluding carboxylic acids is 1. The van der Waals surface area contributed by atoms with Gasteiger partial charge in [0.15, 0.2) is 5.13 Å². The summed E-state index contributed by atoms with van der Waals surface area (Å²) >= 11 is 2.84. The predicted molar refractivity (Wildman–Crippen MR) is 110 cm³/mol. The van der Waals surface area contributed by atoms with Gasteiger partial charge in [-0.3, -0.25) is 9.78 Å². The van der Waals surface area contributed by atoms with Crippen LogP contribution in [0.5, 0.6) is 0 Å². The summed E-state index contributed by atoms with van der Waals surface area (Å²) in [5, 5.41) is 10.4. The lowest BCUT2D eigenvalue weighted by atomic mass is 10.1. The number of rotatable bonds is 5. The molecule has 0 aliphatic heterocycles. The molecule has 4 aromatic rings. The van der Waals surface area contributed by atoms with Gasteiger partial charge in [0.05, 0.1) is 12.1 Å². The van der Waals surface area contributed by atoms with Crippen LogP contribution in [-0.4, -0.2) is 41.7 Å². The maximum atomic E-state index is 12.6. The first kappa shape index (κ1) is 18.5. The Labute approximate surface area is 169 Å². The van der Waals surface area contributed by atoms with E-state index in [1.807, 2.05) is 37.6 Å². The van der Waals surface area contributed by atoms with Gasteiger partial charge in [-0.25, -0.2) is 14.5 Å². The molecular weight excluding hydrogens is 394 g/mol. The number of aromatic nitrogens is 6. The van der Waals surface area contributed by atoms with Crippen LogP contribution in [0, 0.1) is 13.8 Å². The number of thioether (sulfide) groups is 1. The normalized spacial score (nSPS) is 11.1. The number of hydrogen-bond acceptors (Lipinski definition) is 8. The van der Waals surface area contributed by atoms with Gasteiger partial charge >= 0.3 is 0 Å². The fraction of sp³-hybridized carbons (Fsp3) is 0.222. The van der Waals surface area contributed by atoms with Crippen LogP contribution in [0.1, 0.15) is 17.0 Å². The fourth-order valence-corrected chi connectivity index (χ4v) is 3.91. The summed E-state index contributed by atoms with van der Waals surface area (Å²) in [6.45, 7) is 3.81. The van der Waals surface area contributed by atoms with E-state index in [4.69, 9.17) is 0 Å². The van der Waals surface area contributed by atoms with Crippen LogP contribution in [0.15, 0.2) is 35.1 Å². The van der Waals surface area contributed by atoms with E-state index in [1.165, 1.54) is 23.1 Å². The Hall–Kier alpha value is -2.85. The van der Waals surface area contributed by atoms with Crippen molar-refractivity contribution in [3.8, 4) is 11.3 Å². The van der Waals surface area contributed by atoms with Gasteiger partial charge in [-0.1, -0.05) is 11.8 Å². The lowest BCUT2D eigenvalue weighted by Gasteiger charge is -2.09. The third-order valence-electron chi connectivity index (χ3n) is 4.26. The molecule has 0 aromatic carbocycles. The van der Waals surface area contributed by atoms with E-state index < -0.39 is 0 Å². The molecule has 0 spiro atoms. The molecule has 4 rings (SSSR count). The molecule has 4 heterocycles. The molecule has 0 saturated carbocycles. The predicted octanol–water partition coefficient (Wildman–Crippen LogP) is 3.16. The van der Waals surface area contributed by atoms with Gasteiger partial charge < -0.3 is 5.32 Å². The van der Waals surface area contributed by atoms with Crippen LogP contribution in [0.25, 0.3) is 17.0 Å². The highest BCUT2D eigenvalue weighted by Crippen LogP contribution is 2.24. The second kappa shape index (κ2) is 7.64. The molecule has 4 aromatic heterocycles. The number of anilines is 1. The van der Waals surface area contributed by atoms with E-state index in [0.717, 1.165) is 28.2 Å². The van der Waals surface area contributed by atoms with Crippen LogP contribution in [0.3, 0.4) is 0 Å². The highest BCUT2D eigenvalue weighted by atomic mass is 32.2. The van der Waals surface area contributed by atoms with Crippen molar-refractivity contribution in [1.82, 2.24) is 29.5 Å². The zero-order valence-corrected chi connectivity index (χ0v) is 17.1. The topological polar surface area (TPSA) is 98.0 Å². The summed E-state index contributed by atoms with van der Waals surface area (Å²) < 4.78 is 1.69. The van der Waals surface area contributed by atoms with Gasteiger partial charge in [0, 0.05) is 40.3 Å². The summed E-state index contributed by atoms with van der Waals surface area (Å²) in [6.07, 6.45) is 5.57. The molecule has 0 bridgehead atoms. The number of nitrogens with zero attached hydrogens (tertiary/aromatic N) is 6. The van der Waals surface area contributed by atoms with E-state index in [1.54, 1.807) is 16.9 Å². The number of amides is 1. The summed E-state index contributed by atoms with van der Waals surface area (Å²) in [4.78, 5) is 30.0. The van der Waals surface area contributed by atoms with Crippen molar-refractivity contribution >= 4 is 39.9 Å². The minimum absolute atomic E-state index is 0.148. The Kier molecular flexibility index (Phi) is 5.05. The molecule has 0 radical (unpaired) electrons. The van der Waals surface area contributed by atoms with Crippen LogP contribution >= 0.6 is 23.1 Å². The van der Waals surface area contributed by atoms with Crippen LogP contribution in [-0.2, 0) is 11.2 Å². The molecule has 0 unspecified atom stereocenters. The molecule has 28 heavy (non-hydrogen) atoms. The van der Waals surface area contributed by atoms with E-state index in [2.05, 4.69) is 30.4 Å². The van der Waals surface area contributed by atoms with Gasteiger partial charge in [0.2, 0.25) is 11.1 Å². The fourth-order valence-electron chi connectivity index (χ4n) is 2.83. The first-order chi connectivity index (χ1) is 13.5. The summed E-state index contributed by atoms with van der Waals surface area (Å²) in [5.41, 5.74) is 4.18. The van der Waals surface area contributed by atoms with Crippen molar-refractivity contribution in [1.29, 1.82) is 0 Å². The average molecular weight is 412 g/mol. The molecular formula is C18H17N7OS2. The minimum atomic E-state index is -0.148. The molecule has 0 aliphatic rings. The zero-order valence-electron chi connectivity index (χ0n) is 15.5. The van der Waals surface area contributed by atoms with E-state index in [-0.39, 0.29) is 12.3 Å². The van der Waals surface area contributed by atoms with Gasteiger partial charge in [0.1, 0.15) is 0 Å². The SMILES string of the molecule is CSc1nc2nc(C)c(CC(=O)Nc3nc(-c4cccnc4)cs3)c(C)n2n1. The maximum Gasteiger partial charge on any atom is 0.253 e. The molecule has 1 N–H and O–H groups in total. The second-order valence-corrected chi connectivity index (χ2v) is 7.71. The molecule has 142 valence electrons. The first-order valence-electron chi connectivity index (χ1n) is 8.47. The number of hydrogen-bond donors (Lipinski definition) is 1. The number of thiazole rings is 1. The Bertz CT molecular complexity index is 1150. The Balaban J connectivity index is 1.53. The first-order valence-corrected chi connectivity index (χ1v) is 10.6. The van der Waals surface area contributed by atoms with Crippen molar-refractivity contribution in [3.63, 3.8) is 0 Å². The number of nitrogens with one attached hydrogen (secondary N) is 1.